The maximum Gasteiger partial charge on any atom is 0.261 e. The van der Waals surface area contributed by atoms with Crippen LogP contribution in [0.2, 0.25) is 0 Å². The number of pyridine rings is 1. The van der Waals surface area contributed by atoms with E-state index >= 15 is 0 Å². The van der Waals surface area contributed by atoms with E-state index in [4.69, 9.17) is 4.74 Å². The Morgan fingerprint density at radius 3 is 2.63 bits per heavy atom. The summed E-state index contributed by atoms with van der Waals surface area (Å²) in [4.78, 5) is 41.7. The number of nitrogens with one attached hydrogen (secondary N) is 2. The Morgan fingerprint density at radius 2 is 1.83 bits per heavy atom. The summed E-state index contributed by atoms with van der Waals surface area (Å²) >= 11 is 0. The molecule has 1 aliphatic heterocycles. The van der Waals surface area contributed by atoms with Gasteiger partial charge >= 0.3 is 0 Å². The second-order valence-corrected chi connectivity index (χ2v) is 7.03. The van der Waals surface area contributed by atoms with Crippen LogP contribution in [0.3, 0.4) is 0 Å². The minimum Gasteiger partial charge on any atom is -0.380 e. The molecule has 0 radical (unpaired) electrons. The van der Waals surface area contributed by atoms with Crippen molar-refractivity contribution in [3.8, 4) is 0 Å². The molecule has 154 valence electrons. The predicted octanol–water partition coefficient (Wildman–Crippen LogP) is 2.78. The van der Waals surface area contributed by atoms with E-state index in [1.807, 2.05) is 0 Å². The van der Waals surface area contributed by atoms with E-state index in [1.54, 1.807) is 29.2 Å². The summed E-state index contributed by atoms with van der Waals surface area (Å²) in [5, 5.41) is 3.06. The van der Waals surface area contributed by atoms with Crippen molar-refractivity contribution in [2.45, 2.75) is 6.42 Å². The molecule has 2 heterocycles. The lowest BCUT2D eigenvalue weighted by atomic mass is 10.1. The van der Waals surface area contributed by atoms with Crippen LogP contribution in [0, 0.1) is 5.82 Å². The first-order valence-corrected chi connectivity index (χ1v) is 9.62. The van der Waals surface area contributed by atoms with Crippen molar-refractivity contribution in [2.75, 3.05) is 31.6 Å². The van der Waals surface area contributed by atoms with E-state index in [-0.39, 0.29) is 11.5 Å². The number of hydrogen-bond acceptors (Lipinski definition) is 4. The molecular weight excluding hydrogens is 389 g/mol. The molecule has 2 amide bonds. The maximum absolute atomic E-state index is 13.4. The van der Waals surface area contributed by atoms with Crippen LogP contribution in [-0.4, -0.2) is 48.0 Å². The number of anilines is 1. The van der Waals surface area contributed by atoms with Crippen molar-refractivity contribution < 1.29 is 18.7 Å². The summed E-state index contributed by atoms with van der Waals surface area (Å²) < 4.78 is 18.8. The van der Waals surface area contributed by atoms with Crippen LogP contribution in [-0.2, 0) is 4.74 Å². The van der Waals surface area contributed by atoms with Gasteiger partial charge in [-0.1, -0.05) is 0 Å². The first-order chi connectivity index (χ1) is 14.5. The lowest BCUT2D eigenvalue weighted by Crippen LogP contribution is -2.33. The number of halogens is 1. The summed E-state index contributed by atoms with van der Waals surface area (Å²) in [5.41, 5.74) is 0.697. The monoisotopic (exact) mass is 409 g/mol. The predicted molar refractivity (Wildman–Crippen MR) is 110 cm³/mol. The summed E-state index contributed by atoms with van der Waals surface area (Å²) in [6.45, 7) is 2.35. The molecule has 1 aliphatic rings. The number of rotatable bonds is 3. The molecule has 8 heteroatoms. The molecule has 1 saturated heterocycles. The van der Waals surface area contributed by atoms with Crippen molar-refractivity contribution in [3.63, 3.8) is 0 Å². The fraction of sp³-hybridized carbons (Fsp3) is 0.227. The summed E-state index contributed by atoms with van der Waals surface area (Å²) in [7, 11) is 0. The van der Waals surface area contributed by atoms with E-state index in [2.05, 4.69) is 10.3 Å². The molecule has 7 nitrogen and oxygen atoms in total. The molecule has 0 bridgehead atoms. The van der Waals surface area contributed by atoms with Gasteiger partial charge in [0.2, 0.25) is 0 Å². The molecule has 30 heavy (non-hydrogen) atoms. The van der Waals surface area contributed by atoms with Crippen LogP contribution in [0.25, 0.3) is 10.9 Å². The number of carbonyl (C=O) groups is 2. The number of ether oxygens (including phenoxy) is 1. The van der Waals surface area contributed by atoms with Gasteiger partial charge in [-0.05, 0) is 55.0 Å². The molecule has 4 rings (SSSR count). The number of benzene rings is 2. The number of aromatic nitrogens is 1. The van der Waals surface area contributed by atoms with Gasteiger partial charge in [-0.2, -0.15) is 0 Å². The van der Waals surface area contributed by atoms with Gasteiger partial charge in [0, 0.05) is 41.9 Å². The van der Waals surface area contributed by atoms with Gasteiger partial charge < -0.3 is 19.9 Å². The SMILES string of the molecule is O=C(Nc1ccc(C(=O)N2CCCOCC2)cc1)c1cc2cc(F)ccc2[nH]c1=O. The Labute approximate surface area is 171 Å². The van der Waals surface area contributed by atoms with E-state index in [0.29, 0.717) is 48.5 Å². The molecule has 2 aromatic carbocycles. The van der Waals surface area contributed by atoms with Gasteiger partial charge in [0.05, 0.1) is 6.61 Å². The minimum atomic E-state index is -0.619. The smallest absolute Gasteiger partial charge is 0.261 e. The topological polar surface area (TPSA) is 91.5 Å². The second-order valence-electron chi connectivity index (χ2n) is 7.03. The highest BCUT2D eigenvalue weighted by Crippen LogP contribution is 2.16. The normalized spacial score (nSPS) is 14.4. The van der Waals surface area contributed by atoms with Crippen molar-refractivity contribution >= 4 is 28.4 Å². The summed E-state index contributed by atoms with van der Waals surface area (Å²) in [6.07, 6.45) is 0.796. The molecule has 2 N–H and O–H groups in total. The van der Waals surface area contributed by atoms with Crippen LogP contribution < -0.4 is 10.9 Å². The number of aromatic amines is 1. The molecule has 1 aromatic heterocycles. The fourth-order valence-corrected chi connectivity index (χ4v) is 3.37. The zero-order valence-electron chi connectivity index (χ0n) is 16.1. The maximum atomic E-state index is 13.4. The third kappa shape index (κ3) is 4.23. The number of nitrogens with zero attached hydrogens (tertiary/aromatic N) is 1. The Bertz CT molecular complexity index is 1150. The zero-order chi connectivity index (χ0) is 21.1. The van der Waals surface area contributed by atoms with Crippen molar-refractivity contribution in [1.82, 2.24) is 9.88 Å². The highest BCUT2D eigenvalue weighted by molar-refractivity contribution is 6.06. The summed E-state index contributed by atoms with van der Waals surface area (Å²) in [6, 6.07) is 11.7. The minimum absolute atomic E-state index is 0.0913. The molecule has 0 aliphatic carbocycles. The number of amides is 2. The first kappa shape index (κ1) is 19.8. The van der Waals surface area contributed by atoms with Crippen LogP contribution in [0.5, 0.6) is 0 Å². The van der Waals surface area contributed by atoms with E-state index in [1.165, 1.54) is 24.3 Å². The third-order valence-electron chi connectivity index (χ3n) is 4.95. The van der Waals surface area contributed by atoms with Gasteiger partial charge in [-0.15, -0.1) is 0 Å². The fourth-order valence-electron chi connectivity index (χ4n) is 3.37. The number of carbonyl (C=O) groups excluding carboxylic acids is 2. The van der Waals surface area contributed by atoms with Crippen LogP contribution in [0.4, 0.5) is 10.1 Å². The van der Waals surface area contributed by atoms with Gasteiger partial charge in [0.15, 0.2) is 0 Å². The Morgan fingerprint density at radius 1 is 1.03 bits per heavy atom. The average Bonchev–Trinajstić information content (AvgIpc) is 3.03. The second kappa shape index (κ2) is 8.46. The molecule has 0 spiro atoms. The lowest BCUT2D eigenvalue weighted by Gasteiger charge is -2.19. The molecule has 0 unspecified atom stereocenters. The Hall–Kier alpha value is -3.52. The lowest BCUT2D eigenvalue weighted by molar-refractivity contribution is 0.0741. The zero-order valence-corrected chi connectivity index (χ0v) is 16.1. The first-order valence-electron chi connectivity index (χ1n) is 9.62. The Kier molecular flexibility index (Phi) is 5.58. The van der Waals surface area contributed by atoms with Gasteiger partial charge in [0.25, 0.3) is 17.4 Å². The van der Waals surface area contributed by atoms with Crippen LogP contribution in [0.1, 0.15) is 27.1 Å². The van der Waals surface area contributed by atoms with Crippen LogP contribution >= 0.6 is 0 Å². The number of hydrogen-bond donors (Lipinski definition) is 2. The molecular formula is C22H20FN3O4. The van der Waals surface area contributed by atoms with Crippen molar-refractivity contribution in [3.05, 3.63) is 75.8 Å². The van der Waals surface area contributed by atoms with E-state index in [9.17, 15) is 18.8 Å². The largest absolute Gasteiger partial charge is 0.380 e. The average molecular weight is 409 g/mol. The summed E-state index contributed by atoms with van der Waals surface area (Å²) in [5.74, 6) is -1.17. The van der Waals surface area contributed by atoms with E-state index in [0.717, 1.165) is 6.42 Å². The van der Waals surface area contributed by atoms with Crippen LogP contribution in [0.15, 0.2) is 53.3 Å². The van der Waals surface area contributed by atoms with Gasteiger partial charge in [-0.3, -0.25) is 14.4 Å². The van der Waals surface area contributed by atoms with Crippen molar-refractivity contribution in [2.24, 2.45) is 0 Å². The molecule has 3 aromatic rings. The third-order valence-corrected chi connectivity index (χ3v) is 4.95. The number of fused-ring (bicyclic) bond motifs is 1. The van der Waals surface area contributed by atoms with Gasteiger partial charge in [-0.25, -0.2) is 4.39 Å². The highest BCUT2D eigenvalue weighted by atomic mass is 19.1. The van der Waals surface area contributed by atoms with Crippen molar-refractivity contribution in [1.29, 1.82) is 0 Å². The molecule has 0 atom stereocenters. The molecule has 0 saturated carbocycles. The quantitative estimate of drug-likeness (QED) is 0.696. The van der Waals surface area contributed by atoms with E-state index < -0.39 is 17.3 Å². The standard InChI is InChI=1S/C22H20FN3O4/c23-16-4-7-19-15(12-16)13-18(21(28)25-19)20(27)24-17-5-2-14(3-6-17)22(29)26-8-1-10-30-11-9-26/h2-7,12-13H,1,8-11H2,(H,24,27)(H,25,28). The number of H-pyrrole nitrogens is 1. The Balaban J connectivity index is 1.50. The highest BCUT2D eigenvalue weighted by Gasteiger charge is 2.18. The molecule has 1 fully saturated rings. The van der Waals surface area contributed by atoms with Gasteiger partial charge in [0.1, 0.15) is 11.4 Å².